The molecule has 3 nitrogen and oxygen atoms in total. The second-order valence-electron chi connectivity index (χ2n) is 4.60. The van der Waals surface area contributed by atoms with Gasteiger partial charge >= 0.3 is 0 Å². The maximum absolute atomic E-state index is 11.7. The highest BCUT2D eigenvalue weighted by molar-refractivity contribution is 5.33. The maximum Gasteiger partial charge on any atom is 0.273 e. The van der Waals surface area contributed by atoms with Crippen molar-refractivity contribution in [3.05, 3.63) is 28.7 Å². The van der Waals surface area contributed by atoms with E-state index in [9.17, 15) is 4.79 Å². The topological polar surface area (TPSA) is 48.0 Å². The Hall–Kier alpha value is -1.25. The Morgan fingerprint density at radius 1 is 1.53 bits per heavy atom. The molecular weight excluding hydrogens is 188 g/mol. The first-order valence-electron chi connectivity index (χ1n) is 5.62. The van der Waals surface area contributed by atoms with Crippen molar-refractivity contribution >= 4 is 5.69 Å². The standard InChI is InChI=1S/C12H18N2O/c1-2-12(6-4-7-12)9-14-8-3-5-10(13)11(14)15/h3,5,8H,2,4,6-7,9,13H2,1H3. The van der Waals surface area contributed by atoms with Gasteiger partial charge in [0.2, 0.25) is 0 Å². The first kappa shape index (κ1) is 10.3. The first-order chi connectivity index (χ1) is 7.17. The molecule has 1 aromatic rings. The molecule has 0 saturated heterocycles. The Kier molecular flexibility index (Phi) is 2.55. The van der Waals surface area contributed by atoms with Gasteiger partial charge in [-0.05, 0) is 36.8 Å². The summed E-state index contributed by atoms with van der Waals surface area (Å²) in [5.41, 5.74) is 6.27. The number of nitrogen functional groups attached to an aromatic ring is 1. The van der Waals surface area contributed by atoms with E-state index in [1.165, 1.54) is 19.3 Å². The van der Waals surface area contributed by atoms with Crippen LogP contribution in [0.15, 0.2) is 23.1 Å². The Labute approximate surface area is 89.9 Å². The number of aromatic nitrogens is 1. The van der Waals surface area contributed by atoms with E-state index in [4.69, 9.17) is 5.73 Å². The van der Waals surface area contributed by atoms with Crippen LogP contribution >= 0.6 is 0 Å². The highest BCUT2D eigenvalue weighted by Crippen LogP contribution is 2.44. The molecule has 0 bridgehead atoms. The van der Waals surface area contributed by atoms with Gasteiger partial charge in [-0.3, -0.25) is 4.79 Å². The average molecular weight is 206 g/mol. The van der Waals surface area contributed by atoms with Crippen LogP contribution in [-0.2, 0) is 6.54 Å². The second kappa shape index (κ2) is 3.72. The van der Waals surface area contributed by atoms with Crippen LogP contribution < -0.4 is 11.3 Å². The van der Waals surface area contributed by atoms with Crippen molar-refractivity contribution in [2.45, 2.75) is 39.2 Å². The normalized spacial score (nSPS) is 18.5. The van der Waals surface area contributed by atoms with Crippen LogP contribution in [0.2, 0.25) is 0 Å². The zero-order valence-corrected chi connectivity index (χ0v) is 9.20. The summed E-state index contributed by atoms with van der Waals surface area (Å²) in [7, 11) is 0. The van der Waals surface area contributed by atoms with E-state index in [0.29, 0.717) is 11.1 Å². The number of pyridine rings is 1. The van der Waals surface area contributed by atoms with Gasteiger partial charge in [-0.1, -0.05) is 13.3 Å². The summed E-state index contributed by atoms with van der Waals surface area (Å²) in [6.07, 6.45) is 6.77. The van der Waals surface area contributed by atoms with Crippen LogP contribution in [0, 0.1) is 5.41 Å². The Bertz CT molecular complexity index is 399. The number of hydrogen-bond acceptors (Lipinski definition) is 2. The van der Waals surface area contributed by atoms with Gasteiger partial charge in [0.1, 0.15) is 0 Å². The summed E-state index contributed by atoms with van der Waals surface area (Å²) >= 11 is 0. The lowest BCUT2D eigenvalue weighted by Gasteiger charge is -2.41. The summed E-state index contributed by atoms with van der Waals surface area (Å²) in [5, 5.41) is 0. The van der Waals surface area contributed by atoms with E-state index >= 15 is 0 Å². The van der Waals surface area contributed by atoms with Crippen LogP contribution in [-0.4, -0.2) is 4.57 Å². The molecule has 1 saturated carbocycles. The molecule has 0 spiro atoms. The van der Waals surface area contributed by atoms with E-state index in [1.807, 2.05) is 12.3 Å². The second-order valence-corrected chi connectivity index (χ2v) is 4.60. The fourth-order valence-corrected chi connectivity index (χ4v) is 2.34. The van der Waals surface area contributed by atoms with Gasteiger partial charge in [0.15, 0.2) is 0 Å². The van der Waals surface area contributed by atoms with Crippen molar-refractivity contribution < 1.29 is 0 Å². The number of anilines is 1. The highest BCUT2D eigenvalue weighted by Gasteiger charge is 2.35. The predicted octanol–water partition coefficient (Wildman–Crippen LogP) is 2.01. The Morgan fingerprint density at radius 2 is 2.27 bits per heavy atom. The lowest BCUT2D eigenvalue weighted by molar-refractivity contribution is 0.0989. The third-order valence-electron chi connectivity index (χ3n) is 3.72. The molecule has 0 aromatic carbocycles. The molecule has 1 heterocycles. The smallest absolute Gasteiger partial charge is 0.273 e. The predicted molar refractivity (Wildman–Crippen MR) is 61.7 cm³/mol. The summed E-state index contributed by atoms with van der Waals surface area (Å²) in [4.78, 5) is 11.7. The minimum atomic E-state index is -0.0442. The number of rotatable bonds is 3. The van der Waals surface area contributed by atoms with Crippen molar-refractivity contribution in [2.24, 2.45) is 5.41 Å². The molecule has 15 heavy (non-hydrogen) atoms. The van der Waals surface area contributed by atoms with E-state index in [0.717, 1.165) is 13.0 Å². The molecule has 1 aromatic heterocycles. The van der Waals surface area contributed by atoms with Crippen molar-refractivity contribution in [3.8, 4) is 0 Å². The largest absolute Gasteiger partial charge is 0.394 e. The maximum atomic E-state index is 11.7. The van der Waals surface area contributed by atoms with Crippen molar-refractivity contribution in [2.75, 3.05) is 5.73 Å². The summed E-state index contributed by atoms with van der Waals surface area (Å²) in [5.74, 6) is 0. The molecule has 1 aliphatic carbocycles. The molecule has 0 radical (unpaired) electrons. The van der Waals surface area contributed by atoms with E-state index < -0.39 is 0 Å². The van der Waals surface area contributed by atoms with Crippen molar-refractivity contribution in [1.82, 2.24) is 4.57 Å². The van der Waals surface area contributed by atoms with Crippen LogP contribution in [0.3, 0.4) is 0 Å². The molecule has 1 fully saturated rings. The van der Waals surface area contributed by atoms with E-state index in [-0.39, 0.29) is 5.56 Å². The van der Waals surface area contributed by atoms with Gasteiger partial charge in [0.25, 0.3) is 5.56 Å². The fraction of sp³-hybridized carbons (Fsp3) is 0.583. The molecule has 2 rings (SSSR count). The minimum Gasteiger partial charge on any atom is -0.394 e. The fourth-order valence-electron chi connectivity index (χ4n) is 2.34. The monoisotopic (exact) mass is 206 g/mol. The Balaban J connectivity index is 2.24. The molecule has 0 aliphatic heterocycles. The highest BCUT2D eigenvalue weighted by atomic mass is 16.1. The molecule has 0 atom stereocenters. The number of nitrogens with zero attached hydrogens (tertiary/aromatic N) is 1. The summed E-state index contributed by atoms with van der Waals surface area (Å²) < 4.78 is 1.76. The van der Waals surface area contributed by atoms with Crippen LogP contribution in [0.5, 0.6) is 0 Å². The third-order valence-corrected chi connectivity index (χ3v) is 3.72. The zero-order chi connectivity index (χ0) is 10.9. The van der Waals surface area contributed by atoms with Crippen LogP contribution in [0.4, 0.5) is 5.69 Å². The minimum absolute atomic E-state index is 0.0442. The van der Waals surface area contributed by atoms with E-state index in [1.54, 1.807) is 10.6 Å². The van der Waals surface area contributed by atoms with Crippen LogP contribution in [0.25, 0.3) is 0 Å². The molecule has 0 amide bonds. The summed E-state index contributed by atoms with van der Waals surface area (Å²) in [6, 6.07) is 3.51. The molecule has 82 valence electrons. The van der Waals surface area contributed by atoms with Crippen LogP contribution in [0.1, 0.15) is 32.6 Å². The van der Waals surface area contributed by atoms with Crippen molar-refractivity contribution in [1.29, 1.82) is 0 Å². The lowest BCUT2D eigenvalue weighted by atomic mass is 9.67. The molecule has 2 N–H and O–H groups in total. The molecular formula is C12H18N2O. The first-order valence-corrected chi connectivity index (χ1v) is 5.62. The van der Waals surface area contributed by atoms with Gasteiger partial charge in [0, 0.05) is 12.7 Å². The van der Waals surface area contributed by atoms with E-state index in [2.05, 4.69) is 6.92 Å². The molecule has 3 heteroatoms. The zero-order valence-electron chi connectivity index (χ0n) is 9.20. The van der Waals surface area contributed by atoms with Gasteiger partial charge in [-0.15, -0.1) is 0 Å². The summed E-state index contributed by atoms with van der Waals surface area (Å²) in [6.45, 7) is 3.03. The quantitative estimate of drug-likeness (QED) is 0.822. The Morgan fingerprint density at radius 3 is 2.80 bits per heavy atom. The molecule has 0 unspecified atom stereocenters. The van der Waals surface area contributed by atoms with Gasteiger partial charge in [0.05, 0.1) is 5.69 Å². The number of nitrogens with two attached hydrogens (primary N) is 1. The number of hydrogen-bond donors (Lipinski definition) is 1. The lowest BCUT2D eigenvalue weighted by Crippen LogP contribution is -2.37. The molecule has 1 aliphatic rings. The van der Waals surface area contributed by atoms with Gasteiger partial charge in [-0.2, -0.15) is 0 Å². The van der Waals surface area contributed by atoms with Gasteiger partial charge in [-0.25, -0.2) is 0 Å². The SMILES string of the molecule is CCC1(Cn2cccc(N)c2=O)CCC1. The van der Waals surface area contributed by atoms with Gasteiger partial charge < -0.3 is 10.3 Å². The average Bonchev–Trinajstić information content (AvgIpc) is 2.18. The van der Waals surface area contributed by atoms with Crippen molar-refractivity contribution in [3.63, 3.8) is 0 Å². The third kappa shape index (κ3) is 1.78.